The van der Waals surface area contributed by atoms with Crippen molar-refractivity contribution in [1.82, 2.24) is 9.55 Å². The van der Waals surface area contributed by atoms with E-state index in [0.717, 1.165) is 33.4 Å². The van der Waals surface area contributed by atoms with Gasteiger partial charge in [0.2, 0.25) is 5.95 Å². The fourth-order valence-corrected chi connectivity index (χ4v) is 4.50. The number of imidazole rings is 1. The Morgan fingerprint density at radius 3 is 2.53 bits per heavy atom. The molecule has 0 atom stereocenters. The summed E-state index contributed by atoms with van der Waals surface area (Å²) in [6, 6.07) is 19.2. The monoisotopic (exact) mass is 547 g/mol. The van der Waals surface area contributed by atoms with Gasteiger partial charge in [-0.1, -0.05) is 28.1 Å². The zero-order valence-corrected chi connectivity index (χ0v) is 21.1. The number of hydrogen-bond acceptors (Lipinski definition) is 6. The number of nitrogens with zero attached hydrogens (tertiary/aromatic N) is 2. The lowest BCUT2D eigenvalue weighted by atomic mass is 10.1. The van der Waals surface area contributed by atoms with Gasteiger partial charge in [0.1, 0.15) is 16.9 Å². The Morgan fingerprint density at radius 2 is 1.86 bits per heavy atom. The van der Waals surface area contributed by atoms with Crippen molar-refractivity contribution in [3.8, 4) is 5.75 Å². The van der Waals surface area contributed by atoms with Crippen LogP contribution in [-0.2, 0) is 13.0 Å². The SMILES string of the molecule is COc1ccc(Nc2nc3cc4c(C)c(C(=O)O)c(=O)oc4cc3n2CCc2ccc(Br)cc2)cc1. The highest BCUT2D eigenvalue weighted by Gasteiger charge is 2.20. The van der Waals surface area contributed by atoms with Crippen LogP contribution in [0.3, 0.4) is 0 Å². The topological polar surface area (TPSA) is 107 Å². The number of hydrogen-bond donors (Lipinski definition) is 2. The molecule has 36 heavy (non-hydrogen) atoms. The summed E-state index contributed by atoms with van der Waals surface area (Å²) in [7, 11) is 1.62. The number of carboxylic acid groups (broad SMARTS) is 1. The Morgan fingerprint density at radius 1 is 1.14 bits per heavy atom. The molecule has 8 nitrogen and oxygen atoms in total. The minimum atomic E-state index is -1.31. The van der Waals surface area contributed by atoms with Crippen molar-refractivity contribution in [3.05, 3.63) is 92.2 Å². The molecule has 0 saturated carbocycles. The Kier molecular flexibility index (Phi) is 6.24. The second-order valence-corrected chi connectivity index (χ2v) is 9.26. The maximum Gasteiger partial charge on any atom is 0.351 e. The number of aromatic carboxylic acids is 1. The van der Waals surface area contributed by atoms with Gasteiger partial charge in [0.15, 0.2) is 0 Å². The summed E-state index contributed by atoms with van der Waals surface area (Å²) in [6.45, 7) is 2.22. The van der Waals surface area contributed by atoms with Crippen LogP contribution in [0.1, 0.15) is 21.5 Å². The fourth-order valence-electron chi connectivity index (χ4n) is 4.23. The van der Waals surface area contributed by atoms with Crippen LogP contribution in [0.5, 0.6) is 5.75 Å². The van der Waals surface area contributed by atoms with E-state index >= 15 is 0 Å². The van der Waals surface area contributed by atoms with E-state index in [0.29, 0.717) is 34.5 Å². The lowest BCUT2D eigenvalue weighted by Crippen LogP contribution is -2.15. The number of aromatic nitrogens is 2. The molecule has 0 fully saturated rings. The van der Waals surface area contributed by atoms with Gasteiger partial charge in [-0.25, -0.2) is 14.6 Å². The number of aryl methyl sites for hydroxylation is 3. The third-order valence-electron chi connectivity index (χ3n) is 6.13. The van der Waals surface area contributed by atoms with Crippen LogP contribution >= 0.6 is 15.9 Å². The first-order valence-corrected chi connectivity index (χ1v) is 12.0. The average molecular weight is 548 g/mol. The summed E-state index contributed by atoms with van der Waals surface area (Å²) in [5.74, 6) is 0.0430. The van der Waals surface area contributed by atoms with Gasteiger partial charge in [-0.05, 0) is 66.9 Å². The molecule has 0 unspecified atom stereocenters. The van der Waals surface area contributed by atoms with Gasteiger partial charge in [-0.3, -0.25) is 0 Å². The number of carbonyl (C=O) groups is 1. The minimum absolute atomic E-state index is 0.316. The van der Waals surface area contributed by atoms with Crippen LogP contribution in [0.15, 0.2) is 74.3 Å². The van der Waals surface area contributed by atoms with E-state index in [-0.39, 0.29) is 5.56 Å². The van der Waals surface area contributed by atoms with E-state index in [1.807, 2.05) is 41.0 Å². The molecule has 0 aliphatic carbocycles. The van der Waals surface area contributed by atoms with Gasteiger partial charge in [0.25, 0.3) is 0 Å². The van der Waals surface area contributed by atoms with E-state index in [1.165, 1.54) is 0 Å². The number of rotatable bonds is 7. The molecule has 0 aliphatic rings. The van der Waals surface area contributed by atoms with Gasteiger partial charge >= 0.3 is 11.6 Å². The third-order valence-corrected chi connectivity index (χ3v) is 6.66. The van der Waals surface area contributed by atoms with Gasteiger partial charge in [-0.2, -0.15) is 0 Å². The predicted molar refractivity (Wildman–Crippen MR) is 142 cm³/mol. The molecule has 5 rings (SSSR count). The maximum atomic E-state index is 12.4. The smallest absolute Gasteiger partial charge is 0.351 e. The molecule has 3 aromatic carbocycles. The second kappa shape index (κ2) is 9.50. The molecule has 0 spiro atoms. The highest BCUT2D eigenvalue weighted by molar-refractivity contribution is 9.10. The first-order valence-electron chi connectivity index (χ1n) is 11.2. The minimum Gasteiger partial charge on any atom is -0.497 e. The summed E-state index contributed by atoms with van der Waals surface area (Å²) in [5, 5.41) is 13.4. The van der Waals surface area contributed by atoms with Gasteiger partial charge < -0.3 is 24.1 Å². The van der Waals surface area contributed by atoms with Crippen molar-refractivity contribution in [3.63, 3.8) is 0 Å². The lowest BCUT2D eigenvalue weighted by Gasteiger charge is -2.12. The summed E-state index contributed by atoms with van der Waals surface area (Å²) in [4.78, 5) is 28.8. The molecule has 182 valence electrons. The summed E-state index contributed by atoms with van der Waals surface area (Å²) >= 11 is 3.47. The Labute approximate surface area is 214 Å². The van der Waals surface area contributed by atoms with Crippen LogP contribution in [0.25, 0.3) is 22.0 Å². The molecule has 0 amide bonds. The molecule has 0 radical (unpaired) electrons. The number of methoxy groups -OCH3 is 1. The number of halogens is 1. The van der Waals surface area contributed by atoms with E-state index in [9.17, 15) is 14.7 Å². The molecule has 0 bridgehead atoms. The van der Waals surface area contributed by atoms with Crippen molar-refractivity contribution in [2.75, 3.05) is 12.4 Å². The first-order chi connectivity index (χ1) is 17.3. The molecule has 2 N–H and O–H groups in total. The zero-order chi connectivity index (χ0) is 25.4. The molecule has 0 aliphatic heterocycles. The van der Waals surface area contributed by atoms with Crippen molar-refractivity contribution in [2.45, 2.75) is 19.9 Å². The maximum absolute atomic E-state index is 12.4. The van der Waals surface area contributed by atoms with E-state index in [2.05, 4.69) is 33.4 Å². The number of carboxylic acids is 1. The van der Waals surface area contributed by atoms with Crippen molar-refractivity contribution in [2.24, 2.45) is 0 Å². The predicted octanol–water partition coefficient (Wildman–Crippen LogP) is 5.91. The van der Waals surface area contributed by atoms with Gasteiger partial charge in [-0.15, -0.1) is 0 Å². The molecular formula is C27H22BrN3O5. The molecular weight excluding hydrogens is 526 g/mol. The molecule has 2 aromatic heterocycles. The van der Waals surface area contributed by atoms with Crippen LogP contribution in [-0.4, -0.2) is 27.7 Å². The Hall–Kier alpha value is -4.11. The first kappa shape index (κ1) is 23.6. The molecule has 9 heteroatoms. The largest absolute Gasteiger partial charge is 0.497 e. The standard InChI is InChI=1S/C27H22BrN3O5/c1-15-20-13-21-22(14-23(20)36-26(34)24(15)25(32)33)31(12-11-16-3-5-17(28)6-4-16)27(30-21)29-18-7-9-19(35-2)10-8-18/h3-10,13-14H,11-12H2,1-2H3,(H,29,30)(H,32,33). The van der Waals surface area contributed by atoms with Crippen LogP contribution in [0.4, 0.5) is 11.6 Å². The summed E-state index contributed by atoms with van der Waals surface area (Å²) in [6.07, 6.45) is 0.745. The van der Waals surface area contributed by atoms with E-state index in [1.54, 1.807) is 26.2 Å². The summed E-state index contributed by atoms with van der Waals surface area (Å²) in [5.41, 5.74) is 2.84. The molecule has 0 saturated heterocycles. The van der Waals surface area contributed by atoms with Crippen molar-refractivity contribution >= 4 is 55.5 Å². The number of fused-ring (bicyclic) bond motifs is 2. The average Bonchev–Trinajstić information content (AvgIpc) is 3.18. The van der Waals surface area contributed by atoms with Crippen LogP contribution in [0.2, 0.25) is 0 Å². The highest BCUT2D eigenvalue weighted by atomic mass is 79.9. The van der Waals surface area contributed by atoms with Gasteiger partial charge in [0, 0.05) is 28.2 Å². The zero-order valence-electron chi connectivity index (χ0n) is 19.5. The number of nitrogens with one attached hydrogen (secondary N) is 1. The Bertz CT molecular complexity index is 1650. The quantitative estimate of drug-likeness (QED) is 0.244. The van der Waals surface area contributed by atoms with E-state index < -0.39 is 11.6 Å². The normalized spacial score (nSPS) is 11.2. The van der Waals surface area contributed by atoms with Gasteiger partial charge in [0.05, 0.1) is 18.1 Å². The number of benzene rings is 3. The summed E-state index contributed by atoms with van der Waals surface area (Å²) < 4.78 is 13.7. The molecule has 5 aromatic rings. The van der Waals surface area contributed by atoms with Crippen molar-refractivity contribution < 1.29 is 19.1 Å². The lowest BCUT2D eigenvalue weighted by molar-refractivity contribution is 0.0691. The third kappa shape index (κ3) is 4.45. The van der Waals surface area contributed by atoms with Crippen LogP contribution in [0, 0.1) is 6.92 Å². The van der Waals surface area contributed by atoms with Crippen molar-refractivity contribution in [1.29, 1.82) is 0 Å². The number of anilines is 2. The van der Waals surface area contributed by atoms with Crippen LogP contribution < -0.4 is 15.7 Å². The highest BCUT2D eigenvalue weighted by Crippen LogP contribution is 2.30. The second-order valence-electron chi connectivity index (χ2n) is 8.35. The molecule has 2 heterocycles. The fraction of sp³-hybridized carbons (Fsp3) is 0.148. The number of ether oxygens (including phenoxy) is 1. The Balaban J connectivity index is 1.63. The van der Waals surface area contributed by atoms with E-state index in [4.69, 9.17) is 14.1 Å².